The lowest BCUT2D eigenvalue weighted by Gasteiger charge is -2.06. The highest BCUT2D eigenvalue weighted by Crippen LogP contribution is 2.16. The van der Waals surface area contributed by atoms with E-state index in [1.54, 1.807) is 18.2 Å². The van der Waals surface area contributed by atoms with E-state index in [-0.39, 0.29) is 5.91 Å². The fourth-order valence-corrected chi connectivity index (χ4v) is 2.39. The van der Waals surface area contributed by atoms with E-state index in [2.05, 4.69) is 10.4 Å². The van der Waals surface area contributed by atoms with Gasteiger partial charge in [0.1, 0.15) is 0 Å². The van der Waals surface area contributed by atoms with E-state index in [4.69, 9.17) is 11.6 Å². The van der Waals surface area contributed by atoms with Crippen LogP contribution in [-0.4, -0.2) is 15.7 Å². The van der Waals surface area contributed by atoms with Crippen molar-refractivity contribution in [3.63, 3.8) is 0 Å². The molecule has 0 aliphatic rings. The predicted octanol–water partition coefficient (Wildman–Crippen LogP) is 3.72. The summed E-state index contributed by atoms with van der Waals surface area (Å²) in [5.74, 6) is -0.0585. The summed E-state index contributed by atoms with van der Waals surface area (Å²) in [6, 6.07) is 15.1. The van der Waals surface area contributed by atoms with Crippen LogP contribution in [0.15, 0.2) is 54.7 Å². The van der Waals surface area contributed by atoms with Crippen molar-refractivity contribution in [3.8, 4) is 0 Å². The monoisotopic (exact) mass is 299 g/mol. The van der Waals surface area contributed by atoms with E-state index >= 15 is 0 Å². The zero-order chi connectivity index (χ0) is 14.7. The molecule has 2 aromatic carbocycles. The largest absolute Gasteiger partial charge is 0.326 e. The lowest BCUT2D eigenvalue weighted by Crippen LogP contribution is -2.14. The Bertz CT molecular complexity index is 782. The topological polar surface area (TPSA) is 46.9 Å². The smallest absolute Gasteiger partial charge is 0.226 e. The normalized spacial score (nSPS) is 10.7. The van der Waals surface area contributed by atoms with Crippen LogP contribution in [0.3, 0.4) is 0 Å². The van der Waals surface area contributed by atoms with Gasteiger partial charge < -0.3 is 5.32 Å². The number of fused-ring (bicyclic) bond motifs is 1. The molecule has 0 aliphatic heterocycles. The number of carbonyl (C=O) groups is 1. The molecule has 1 amide bonds. The minimum absolute atomic E-state index is 0.0585. The van der Waals surface area contributed by atoms with E-state index < -0.39 is 0 Å². The minimum atomic E-state index is -0.0585. The molecule has 106 valence electrons. The molecule has 0 radical (unpaired) electrons. The van der Waals surface area contributed by atoms with Gasteiger partial charge in [-0.25, -0.2) is 0 Å². The number of rotatable bonds is 4. The van der Waals surface area contributed by atoms with Crippen LogP contribution < -0.4 is 5.32 Å². The Morgan fingerprint density at radius 2 is 2.05 bits per heavy atom. The molecule has 1 aromatic heterocycles. The van der Waals surface area contributed by atoms with Crippen molar-refractivity contribution in [2.45, 2.75) is 13.0 Å². The second kappa shape index (κ2) is 5.97. The summed E-state index contributed by atoms with van der Waals surface area (Å²) in [5, 5.41) is 8.81. The number of carbonyl (C=O) groups excluding carboxylic acids is 1. The third kappa shape index (κ3) is 3.23. The van der Waals surface area contributed by atoms with Crippen LogP contribution in [0.2, 0.25) is 5.02 Å². The molecule has 21 heavy (non-hydrogen) atoms. The Morgan fingerprint density at radius 1 is 1.19 bits per heavy atom. The van der Waals surface area contributed by atoms with Crippen molar-refractivity contribution < 1.29 is 4.79 Å². The maximum absolute atomic E-state index is 12.0. The highest BCUT2D eigenvalue weighted by Gasteiger charge is 2.06. The van der Waals surface area contributed by atoms with Gasteiger partial charge in [-0.3, -0.25) is 9.48 Å². The first kappa shape index (κ1) is 13.6. The third-order valence-corrected chi connectivity index (χ3v) is 3.45. The summed E-state index contributed by atoms with van der Waals surface area (Å²) in [6.07, 6.45) is 2.17. The van der Waals surface area contributed by atoms with Crippen LogP contribution >= 0.6 is 11.6 Å². The molecule has 0 atom stereocenters. The van der Waals surface area contributed by atoms with Gasteiger partial charge in [0.2, 0.25) is 5.91 Å². The molecule has 0 aliphatic carbocycles. The maximum Gasteiger partial charge on any atom is 0.226 e. The number of aryl methyl sites for hydroxylation is 1. The van der Waals surface area contributed by atoms with E-state index in [0.717, 1.165) is 10.9 Å². The molecular formula is C16H14ClN3O. The average molecular weight is 300 g/mol. The Kier molecular flexibility index (Phi) is 3.88. The molecule has 5 heteroatoms. The number of aromatic nitrogens is 2. The Balaban J connectivity index is 1.63. The third-order valence-electron chi connectivity index (χ3n) is 3.21. The van der Waals surface area contributed by atoms with Crippen LogP contribution in [0.25, 0.3) is 10.9 Å². The molecule has 3 aromatic rings. The predicted molar refractivity (Wildman–Crippen MR) is 84.4 cm³/mol. The summed E-state index contributed by atoms with van der Waals surface area (Å²) >= 11 is 5.89. The van der Waals surface area contributed by atoms with Crippen LogP contribution in [-0.2, 0) is 11.3 Å². The van der Waals surface area contributed by atoms with E-state index in [0.29, 0.717) is 23.7 Å². The zero-order valence-corrected chi connectivity index (χ0v) is 12.0. The average Bonchev–Trinajstić information content (AvgIpc) is 2.88. The summed E-state index contributed by atoms with van der Waals surface area (Å²) in [4.78, 5) is 12.0. The molecule has 4 nitrogen and oxygen atoms in total. The fraction of sp³-hybridized carbons (Fsp3) is 0.125. The van der Waals surface area contributed by atoms with Crippen LogP contribution in [0.5, 0.6) is 0 Å². The van der Waals surface area contributed by atoms with Gasteiger partial charge in [-0.1, -0.05) is 35.9 Å². The van der Waals surface area contributed by atoms with Gasteiger partial charge in [0.05, 0.1) is 18.3 Å². The Labute approximate surface area is 127 Å². The number of anilines is 1. The quantitative estimate of drug-likeness (QED) is 0.798. The van der Waals surface area contributed by atoms with Crippen molar-refractivity contribution in [1.29, 1.82) is 0 Å². The fourth-order valence-electron chi connectivity index (χ4n) is 2.20. The highest BCUT2D eigenvalue weighted by molar-refractivity contribution is 6.30. The van der Waals surface area contributed by atoms with Crippen LogP contribution in [0.4, 0.5) is 5.69 Å². The zero-order valence-electron chi connectivity index (χ0n) is 11.3. The van der Waals surface area contributed by atoms with Crippen LogP contribution in [0.1, 0.15) is 6.42 Å². The summed E-state index contributed by atoms with van der Waals surface area (Å²) in [5.41, 5.74) is 1.74. The number of amides is 1. The first-order valence-electron chi connectivity index (χ1n) is 6.68. The van der Waals surface area contributed by atoms with E-state index in [1.165, 1.54) is 0 Å². The van der Waals surface area contributed by atoms with Gasteiger partial charge in [0.15, 0.2) is 0 Å². The number of nitrogens with zero attached hydrogens (tertiary/aromatic N) is 2. The standard InChI is InChI=1S/C16H14ClN3O/c17-13-5-3-6-14(10-13)19-16(21)8-9-20-15-7-2-1-4-12(15)11-18-20/h1-7,10-11H,8-9H2,(H,19,21). The summed E-state index contributed by atoms with van der Waals surface area (Å²) < 4.78 is 1.84. The lowest BCUT2D eigenvalue weighted by atomic mass is 10.2. The molecular weight excluding hydrogens is 286 g/mol. The van der Waals surface area contributed by atoms with E-state index in [1.807, 2.05) is 41.2 Å². The van der Waals surface area contributed by atoms with Crippen molar-refractivity contribution in [2.24, 2.45) is 0 Å². The molecule has 1 heterocycles. The Morgan fingerprint density at radius 3 is 2.90 bits per heavy atom. The number of hydrogen-bond acceptors (Lipinski definition) is 2. The van der Waals surface area contributed by atoms with Gasteiger partial charge in [-0.15, -0.1) is 0 Å². The number of benzene rings is 2. The van der Waals surface area contributed by atoms with E-state index in [9.17, 15) is 4.79 Å². The van der Waals surface area contributed by atoms with Gasteiger partial charge in [0, 0.05) is 22.5 Å². The lowest BCUT2D eigenvalue weighted by molar-refractivity contribution is -0.116. The molecule has 1 N–H and O–H groups in total. The maximum atomic E-state index is 12.0. The first-order valence-corrected chi connectivity index (χ1v) is 7.06. The van der Waals surface area contributed by atoms with Gasteiger partial charge >= 0.3 is 0 Å². The van der Waals surface area contributed by atoms with Crippen molar-refractivity contribution in [1.82, 2.24) is 9.78 Å². The molecule has 0 bridgehead atoms. The molecule has 0 saturated carbocycles. The SMILES string of the molecule is O=C(CCn1ncc2ccccc21)Nc1cccc(Cl)c1. The second-order valence-corrected chi connectivity index (χ2v) is 5.17. The number of para-hydroxylation sites is 1. The molecule has 3 rings (SSSR count). The van der Waals surface area contributed by atoms with Crippen molar-refractivity contribution in [3.05, 3.63) is 59.8 Å². The number of halogens is 1. The number of hydrogen-bond donors (Lipinski definition) is 1. The Hall–Kier alpha value is -2.33. The summed E-state index contributed by atoms with van der Waals surface area (Å²) in [6.45, 7) is 0.542. The van der Waals surface area contributed by atoms with Gasteiger partial charge in [0.25, 0.3) is 0 Å². The molecule has 0 unspecified atom stereocenters. The minimum Gasteiger partial charge on any atom is -0.326 e. The first-order chi connectivity index (χ1) is 10.2. The molecule has 0 saturated heterocycles. The highest BCUT2D eigenvalue weighted by atomic mass is 35.5. The van der Waals surface area contributed by atoms with Crippen molar-refractivity contribution >= 4 is 34.1 Å². The molecule has 0 spiro atoms. The van der Waals surface area contributed by atoms with Gasteiger partial charge in [-0.2, -0.15) is 5.10 Å². The van der Waals surface area contributed by atoms with Crippen molar-refractivity contribution in [2.75, 3.05) is 5.32 Å². The summed E-state index contributed by atoms with van der Waals surface area (Å²) in [7, 11) is 0. The number of nitrogens with one attached hydrogen (secondary N) is 1. The van der Waals surface area contributed by atoms with Crippen LogP contribution in [0, 0.1) is 0 Å². The molecule has 0 fully saturated rings. The van der Waals surface area contributed by atoms with Gasteiger partial charge in [-0.05, 0) is 24.3 Å². The second-order valence-electron chi connectivity index (χ2n) is 4.74.